The van der Waals surface area contributed by atoms with Crippen LogP contribution in [0.15, 0.2) is 12.2 Å². The zero-order valence-corrected chi connectivity index (χ0v) is 9.90. The Bertz CT molecular complexity index is 396. The van der Waals surface area contributed by atoms with Gasteiger partial charge in [-0.2, -0.15) is 0 Å². The number of Topliss-reactive ketones (excluding diaryl/α,β-unsaturated/α-hetero) is 1. The van der Waals surface area contributed by atoms with Crippen LogP contribution in [-0.4, -0.2) is 24.6 Å². The van der Waals surface area contributed by atoms with E-state index >= 15 is 0 Å². The third kappa shape index (κ3) is 2.04. The highest BCUT2D eigenvalue weighted by atomic mass is 16.5. The van der Waals surface area contributed by atoms with Crippen molar-refractivity contribution in [2.24, 2.45) is 11.3 Å². The van der Waals surface area contributed by atoms with Gasteiger partial charge in [0.25, 0.3) is 0 Å². The van der Waals surface area contributed by atoms with Crippen LogP contribution >= 0.6 is 0 Å². The van der Waals surface area contributed by atoms with Crippen LogP contribution in [0.25, 0.3) is 0 Å². The van der Waals surface area contributed by atoms with Gasteiger partial charge in [0.05, 0.1) is 7.11 Å². The second kappa shape index (κ2) is 4.43. The topological polar surface area (TPSA) is 60.4 Å². The quantitative estimate of drug-likeness (QED) is 0.510. The lowest BCUT2D eigenvalue weighted by Gasteiger charge is -2.37. The van der Waals surface area contributed by atoms with Crippen LogP contribution in [0.2, 0.25) is 0 Å². The Kier molecular flexibility index (Phi) is 3.13. The van der Waals surface area contributed by atoms with Crippen molar-refractivity contribution in [2.75, 3.05) is 7.11 Å². The van der Waals surface area contributed by atoms with Crippen molar-refractivity contribution in [1.82, 2.24) is 0 Å². The van der Waals surface area contributed by atoms with Crippen LogP contribution in [0.1, 0.15) is 32.1 Å². The fourth-order valence-corrected chi connectivity index (χ4v) is 2.77. The predicted octanol–water partition coefficient (Wildman–Crippen LogP) is 1.43. The van der Waals surface area contributed by atoms with Crippen molar-refractivity contribution in [3.63, 3.8) is 0 Å². The molecule has 0 heterocycles. The average Bonchev–Trinajstić information content (AvgIpc) is 2.35. The number of ketones is 2. The van der Waals surface area contributed by atoms with Gasteiger partial charge < -0.3 is 4.74 Å². The molecule has 0 amide bonds. The minimum atomic E-state index is -0.647. The maximum Gasteiger partial charge on any atom is 0.316 e. The molecule has 2 atom stereocenters. The van der Waals surface area contributed by atoms with E-state index in [0.717, 1.165) is 12.8 Å². The lowest BCUT2D eigenvalue weighted by Crippen LogP contribution is -2.43. The third-order valence-electron chi connectivity index (χ3n) is 3.81. The van der Waals surface area contributed by atoms with Crippen molar-refractivity contribution in [1.29, 1.82) is 0 Å². The molecule has 2 unspecified atom stereocenters. The standard InChI is InChI=1S/C13H16O4/c1-17-12(16)10-3-2-6-13(11(10)15)7-4-9(14)5-8-13/h4,7,10H,2-3,5-6,8H2,1H3. The number of methoxy groups -OCH3 is 1. The number of esters is 1. The van der Waals surface area contributed by atoms with Gasteiger partial charge in [-0.15, -0.1) is 0 Å². The molecule has 92 valence electrons. The van der Waals surface area contributed by atoms with Gasteiger partial charge in [-0.3, -0.25) is 14.4 Å². The average molecular weight is 236 g/mol. The van der Waals surface area contributed by atoms with E-state index in [1.807, 2.05) is 0 Å². The van der Waals surface area contributed by atoms with Crippen molar-refractivity contribution in [2.45, 2.75) is 32.1 Å². The van der Waals surface area contributed by atoms with E-state index in [1.54, 1.807) is 6.08 Å². The van der Waals surface area contributed by atoms with Gasteiger partial charge in [-0.05, 0) is 25.3 Å². The number of hydrogen-bond acceptors (Lipinski definition) is 4. The Morgan fingerprint density at radius 1 is 1.41 bits per heavy atom. The molecule has 1 spiro atoms. The lowest BCUT2D eigenvalue weighted by molar-refractivity contribution is -0.154. The first-order valence-corrected chi connectivity index (χ1v) is 5.93. The minimum Gasteiger partial charge on any atom is -0.468 e. The maximum absolute atomic E-state index is 12.3. The molecule has 4 nitrogen and oxygen atoms in total. The minimum absolute atomic E-state index is 0.0589. The highest BCUT2D eigenvalue weighted by Gasteiger charge is 2.46. The molecule has 4 heteroatoms. The van der Waals surface area contributed by atoms with Crippen LogP contribution in [0.4, 0.5) is 0 Å². The van der Waals surface area contributed by atoms with Gasteiger partial charge >= 0.3 is 5.97 Å². The Morgan fingerprint density at radius 2 is 2.18 bits per heavy atom. The fourth-order valence-electron chi connectivity index (χ4n) is 2.77. The zero-order valence-electron chi connectivity index (χ0n) is 9.90. The molecule has 0 aliphatic heterocycles. The van der Waals surface area contributed by atoms with Crippen LogP contribution in [0.5, 0.6) is 0 Å². The van der Waals surface area contributed by atoms with Crippen molar-refractivity contribution in [3.8, 4) is 0 Å². The maximum atomic E-state index is 12.3. The molecule has 0 aromatic carbocycles. The molecule has 2 aliphatic rings. The van der Waals surface area contributed by atoms with Gasteiger partial charge in [-0.1, -0.05) is 12.5 Å². The van der Waals surface area contributed by atoms with Crippen LogP contribution in [0.3, 0.4) is 0 Å². The molecular weight excluding hydrogens is 220 g/mol. The van der Waals surface area contributed by atoms with E-state index in [9.17, 15) is 14.4 Å². The number of carbonyl (C=O) groups is 3. The second-order valence-corrected chi connectivity index (χ2v) is 4.79. The van der Waals surface area contributed by atoms with Gasteiger partial charge in [0, 0.05) is 11.8 Å². The van der Waals surface area contributed by atoms with Crippen LogP contribution < -0.4 is 0 Å². The van der Waals surface area contributed by atoms with Crippen LogP contribution in [0, 0.1) is 11.3 Å². The summed E-state index contributed by atoms with van der Waals surface area (Å²) < 4.78 is 4.66. The molecular formula is C13H16O4. The molecule has 1 saturated carbocycles. The molecule has 0 saturated heterocycles. The van der Waals surface area contributed by atoms with E-state index in [2.05, 4.69) is 4.74 Å². The molecule has 2 aliphatic carbocycles. The van der Waals surface area contributed by atoms with Gasteiger partial charge in [0.2, 0.25) is 0 Å². The highest BCUT2D eigenvalue weighted by Crippen LogP contribution is 2.43. The third-order valence-corrected chi connectivity index (χ3v) is 3.81. The largest absolute Gasteiger partial charge is 0.468 e. The molecule has 2 rings (SSSR count). The summed E-state index contributed by atoms with van der Waals surface area (Å²) >= 11 is 0. The van der Waals surface area contributed by atoms with E-state index in [4.69, 9.17) is 0 Å². The van der Waals surface area contributed by atoms with E-state index in [-0.39, 0.29) is 11.6 Å². The van der Waals surface area contributed by atoms with Gasteiger partial charge in [0.15, 0.2) is 11.6 Å². The normalized spacial score (nSPS) is 32.9. The van der Waals surface area contributed by atoms with Crippen LogP contribution in [-0.2, 0) is 19.1 Å². The zero-order chi connectivity index (χ0) is 12.5. The molecule has 0 aromatic heterocycles. The Morgan fingerprint density at radius 3 is 2.76 bits per heavy atom. The molecule has 0 aromatic rings. The number of hydrogen-bond donors (Lipinski definition) is 0. The highest BCUT2D eigenvalue weighted by molar-refractivity contribution is 6.05. The molecule has 1 fully saturated rings. The summed E-state index contributed by atoms with van der Waals surface area (Å²) in [6.07, 6.45) is 6.25. The fraction of sp³-hybridized carbons (Fsp3) is 0.615. The number of ether oxygens (including phenoxy) is 1. The van der Waals surface area contributed by atoms with E-state index in [1.165, 1.54) is 13.2 Å². The van der Waals surface area contributed by atoms with Crippen molar-refractivity contribution >= 4 is 17.5 Å². The Labute approximate surface area is 100 Å². The second-order valence-electron chi connectivity index (χ2n) is 4.79. The Hall–Kier alpha value is -1.45. The van der Waals surface area contributed by atoms with Gasteiger partial charge in [-0.25, -0.2) is 0 Å². The summed E-state index contributed by atoms with van der Waals surface area (Å²) in [7, 11) is 1.30. The number of carbonyl (C=O) groups excluding carboxylic acids is 3. The van der Waals surface area contributed by atoms with Crippen molar-refractivity contribution in [3.05, 3.63) is 12.2 Å². The number of rotatable bonds is 1. The van der Waals surface area contributed by atoms with Crippen molar-refractivity contribution < 1.29 is 19.1 Å². The molecule has 0 N–H and O–H groups in total. The first-order valence-electron chi connectivity index (χ1n) is 5.93. The summed E-state index contributed by atoms with van der Waals surface area (Å²) in [5.41, 5.74) is -0.592. The summed E-state index contributed by atoms with van der Waals surface area (Å²) in [4.78, 5) is 35.1. The summed E-state index contributed by atoms with van der Waals surface area (Å²) in [6, 6.07) is 0. The van der Waals surface area contributed by atoms with Gasteiger partial charge in [0.1, 0.15) is 5.92 Å². The smallest absolute Gasteiger partial charge is 0.316 e. The summed E-state index contributed by atoms with van der Waals surface area (Å²) in [5, 5.41) is 0. The Balaban J connectivity index is 2.25. The first-order chi connectivity index (χ1) is 8.09. The molecule has 0 radical (unpaired) electrons. The predicted molar refractivity (Wildman–Crippen MR) is 60.2 cm³/mol. The van der Waals surface area contributed by atoms with E-state index < -0.39 is 17.3 Å². The summed E-state index contributed by atoms with van der Waals surface area (Å²) in [5.74, 6) is -1.10. The number of allylic oxidation sites excluding steroid dienone is 2. The monoisotopic (exact) mass is 236 g/mol. The first kappa shape index (κ1) is 12.0. The molecule has 17 heavy (non-hydrogen) atoms. The lowest BCUT2D eigenvalue weighted by atomic mass is 9.64. The summed E-state index contributed by atoms with van der Waals surface area (Å²) in [6.45, 7) is 0. The SMILES string of the molecule is COC(=O)C1CCCC2(C=CC(=O)CC2)C1=O. The van der Waals surface area contributed by atoms with E-state index in [0.29, 0.717) is 19.3 Å². The molecule has 0 bridgehead atoms.